The van der Waals surface area contributed by atoms with Crippen molar-refractivity contribution in [3.63, 3.8) is 0 Å². The Labute approximate surface area is 181 Å². The first-order chi connectivity index (χ1) is 15.3. The number of ether oxygens (including phenoxy) is 1. The molecule has 1 amide bonds. The highest BCUT2D eigenvalue weighted by molar-refractivity contribution is 5.99. The van der Waals surface area contributed by atoms with Crippen molar-refractivity contribution in [2.75, 3.05) is 14.2 Å². The van der Waals surface area contributed by atoms with Crippen molar-refractivity contribution in [3.8, 4) is 17.0 Å². The summed E-state index contributed by atoms with van der Waals surface area (Å²) in [5.74, 6) is -0.00240. The molecule has 0 aliphatic carbocycles. The molecule has 0 aliphatic rings. The number of rotatable bonds is 5. The van der Waals surface area contributed by atoms with Crippen molar-refractivity contribution < 1.29 is 22.7 Å². The number of methoxy groups -OCH3 is 1. The van der Waals surface area contributed by atoms with Crippen LogP contribution < -0.4 is 4.74 Å². The standard InChI is InChI=1S/C23H19F3N4O2/c1-29(14-15-7-4-3-5-8-15)22(31)18-13-27-30-20(23(24,25)26)12-19(28-21(18)30)16-9-6-10-17(11-16)32-2/h3-13H,14H2,1-2H3. The predicted molar refractivity (Wildman–Crippen MR) is 112 cm³/mol. The number of nitrogens with zero attached hydrogens (tertiary/aromatic N) is 4. The molecule has 6 nitrogen and oxygen atoms in total. The molecule has 9 heteroatoms. The lowest BCUT2D eigenvalue weighted by molar-refractivity contribution is -0.142. The fourth-order valence-corrected chi connectivity index (χ4v) is 3.38. The highest BCUT2D eigenvalue weighted by atomic mass is 19.4. The lowest BCUT2D eigenvalue weighted by Gasteiger charge is -2.17. The summed E-state index contributed by atoms with van der Waals surface area (Å²) in [6.07, 6.45) is -3.58. The van der Waals surface area contributed by atoms with E-state index < -0.39 is 17.8 Å². The number of benzene rings is 2. The Kier molecular flexibility index (Phi) is 5.56. The summed E-state index contributed by atoms with van der Waals surface area (Å²) < 4.78 is 47.2. The molecule has 0 unspecified atom stereocenters. The van der Waals surface area contributed by atoms with E-state index in [9.17, 15) is 18.0 Å². The Morgan fingerprint density at radius 2 is 1.84 bits per heavy atom. The second-order valence-electron chi connectivity index (χ2n) is 7.20. The zero-order valence-corrected chi connectivity index (χ0v) is 17.3. The van der Waals surface area contributed by atoms with Crippen LogP contribution in [0, 0.1) is 0 Å². The van der Waals surface area contributed by atoms with Gasteiger partial charge in [-0.15, -0.1) is 0 Å². The fourth-order valence-electron chi connectivity index (χ4n) is 3.38. The molecule has 4 rings (SSSR count). The van der Waals surface area contributed by atoms with Crippen molar-refractivity contribution in [1.82, 2.24) is 19.5 Å². The minimum Gasteiger partial charge on any atom is -0.497 e. The normalized spacial score (nSPS) is 11.5. The van der Waals surface area contributed by atoms with E-state index in [1.54, 1.807) is 31.3 Å². The van der Waals surface area contributed by atoms with Gasteiger partial charge in [0, 0.05) is 19.2 Å². The third-order valence-electron chi connectivity index (χ3n) is 4.97. The summed E-state index contributed by atoms with van der Waals surface area (Å²) in [5.41, 5.74) is 0.172. The van der Waals surface area contributed by atoms with Crippen molar-refractivity contribution in [1.29, 1.82) is 0 Å². The highest BCUT2D eigenvalue weighted by Gasteiger charge is 2.36. The second kappa shape index (κ2) is 8.33. The third-order valence-corrected chi connectivity index (χ3v) is 4.97. The van der Waals surface area contributed by atoms with Gasteiger partial charge in [-0.05, 0) is 23.8 Å². The Hall–Kier alpha value is -3.88. The van der Waals surface area contributed by atoms with E-state index in [0.29, 0.717) is 22.4 Å². The van der Waals surface area contributed by atoms with Gasteiger partial charge in [0.2, 0.25) is 0 Å². The van der Waals surface area contributed by atoms with Crippen LogP contribution in [-0.4, -0.2) is 39.6 Å². The number of aromatic nitrogens is 3. The molecule has 0 radical (unpaired) electrons. The van der Waals surface area contributed by atoms with Crippen LogP contribution in [0.2, 0.25) is 0 Å². The molecule has 0 atom stereocenters. The first-order valence-electron chi connectivity index (χ1n) is 9.67. The molecule has 0 saturated heterocycles. The van der Waals surface area contributed by atoms with E-state index in [-0.39, 0.29) is 16.9 Å². The minimum atomic E-state index is -4.70. The van der Waals surface area contributed by atoms with E-state index >= 15 is 0 Å². The average Bonchev–Trinajstić information content (AvgIpc) is 3.21. The molecular formula is C23H19F3N4O2. The Morgan fingerprint density at radius 1 is 1.09 bits per heavy atom. The molecule has 0 bridgehead atoms. The van der Waals surface area contributed by atoms with Crippen molar-refractivity contribution in [3.05, 3.63) is 83.7 Å². The number of alkyl halides is 3. The fraction of sp³-hybridized carbons (Fsp3) is 0.174. The van der Waals surface area contributed by atoms with Gasteiger partial charge in [0.25, 0.3) is 5.91 Å². The average molecular weight is 440 g/mol. The number of hydrogen-bond acceptors (Lipinski definition) is 4. The number of carbonyl (C=O) groups excluding carboxylic acids is 1. The van der Waals surface area contributed by atoms with E-state index in [2.05, 4.69) is 10.1 Å². The van der Waals surface area contributed by atoms with Crippen LogP contribution in [0.15, 0.2) is 66.9 Å². The van der Waals surface area contributed by atoms with Crippen LogP contribution in [0.4, 0.5) is 13.2 Å². The maximum atomic E-state index is 13.8. The summed E-state index contributed by atoms with van der Waals surface area (Å²) >= 11 is 0. The maximum Gasteiger partial charge on any atom is 0.433 e. The number of carbonyl (C=O) groups is 1. The lowest BCUT2D eigenvalue weighted by atomic mass is 10.1. The maximum absolute atomic E-state index is 13.8. The molecule has 164 valence electrons. The van der Waals surface area contributed by atoms with Gasteiger partial charge >= 0.3 is 6.18 Å². The first-order valence-corrected chi connectivity index (χ1v) is 9.67. The number of hydrogen-bond donors (Lipinski definition) is 0. The first kappa shape index (κ1) is 21.4. The summed E-state index contributed by atoms with van der Waals surface area (Å²) in [7, 11) is 3.04. The van der Waals surface area contributed by atoms with Gasteiger partial charge in [-0.1, -0.05) is 42.5 Å². The summed E-state index contributed by atoms with van der Waals surface area (Å²) in [5, 5.41) is 3.83. The zero-order valence-electron chi connectivity index (χ0n) is 17.3. The summed E-state index contributed by atoms with van der Waals surface area (Å²) in [6.45, 7) is 0.290. The van der Waals surface area contributed by atoms with Gasteiger partial charge in [-0.2, -0.15) is 18.3 Å². The summed E-state index contributed by atoms with van der Waals surface area (Å²) in [4.78, 5) is 18.8. The minimum absolute atomic E-state index is 0.0151. The van der Waals surface area contributed by atoms with Crippen molar-refractivity contribution in [2.45, 2.75) is 12.7 Å². The molecule has 2 aromatic heterocycles. The molecule has 0 spiro atoms. The molecule has 32 heavy (non-hydrogen) atoms. The molecule has 4 aromatic rings. The van der Waals surface area contributed by atoms with Crippen LogP contribution in [-0.2, 0) is 12.7 Å². The van der Waals surface area contributed by atoms with Gasteiger partial charge < -0.3 is 9.64 Å². The Bertz CT molecular complexity index is 1270. The molecule has 0 N–H and O–H groups in total. The van der Waals surface area contributed by atoms with Gasteiger partial charge in [-0.25, -0.2) is 9.50 Å². The van der Waals surface area contributed by atoms with Crippen molar-refractivity contribution >= 4 is 11.6 Å². The van der Waals surface area contributed by atoms with Gasteiger partial charge in [0.15, 0.2) is 11.3 Å². The smallest absolute Gasteiger partial charge is 0.433 e. The van der Waals surface area contributed by atoms with Crippen LogP contribution in [0.5, 0.6) is 5.75 Å². The predicted octanol–water partition coefficient (Wildman–Crippen LogP) is 4.70. The van der Waals surface area contributed by atoms with Crippen LogP contribution in [0.1, 0.15) is 21.6 Å². The quantitative estimate of drug-likeness (QED) is 0.452. The lowest BCUT2D eigenvalue weighted by Crippen LogP contribution is -2.26. The molecule has 0 aliphatic heterocycles. The SMILES string of the molecule is COc1cccc(-c2cc(C(F)(F)F)n3ncc(C(=O)N(C)Cc4ccccc4)c3n2)c1. The molecule has 0 fully saturated rings. The third kappa shape index (κ3) is 4.14. The number of amides is 1. The van der Waals surface area contributed by atoms with Gasteiger partial charge in [0.05, 0.1) is 19.0 Å². The molecule has 2 heterocycles. The van der Waals surface area contributed by atoms with Crippen LogP contribution >= 0.6 is 0 Å². The van der Waals surface area contributed by atoms with Crippen molar-refractivity contribution in [2.24, 2.45) is 0 Å². The van der Waals surface area contributed by atoms with Crippen LogP contribution in [0.3, 0.4) is 0 Å². The highest BCUT2D eigenvalue weighted by Crippen LogP contribution is 2.33. The van der Waals surface area contributed by atoms with E-state index in [1.165, 1.54) is 12.0 Å². The van der Waals surface area contributed by atoms with Gasteiger partial charge in [0.1, 0.15) is 11.3 Å². The monoisotopic (exact) mass is 440 g/mol. The second-order valence-corrected chi connectivity index (χ2v) is 7.20. The number of fused-ring (bicyclic) bond motifs is 1. The van der Waals surface area contributed by atoms with Gasteiger partial charge in [-0.3, -0.25) is 4.79 Å². The Morgan fingerprint density at radius 3 is 2.53 bits per heavy atom. The molecular weight excluding hydrogens is 421 g/mol. The van der Waals surface area contributed by atoms with E-state index in [4.69, 9.17) is 4.74 Å². The molecule has 0 saturated carbocycles. The van der Waals surface area contributed by atoms with Crippen LogP contribution in [0.25, 0.3) is 16.9 Å². The number of halogens is 3. The Balaban J connectivity index is 1.81. The van der Waals surface area contributed by atoms with E-state index in [1.807, 2.05) is 30.3 Å². The van der Waals surface area contributed by atoms with E-state index in [0.717, 1.165) is 17.8 Å². The summed E-state index contributed by atoms with van der Waals surface area (Å²) in [6, 6.07) is 16.7. The molecule has 2 aromatic carbocycles. The zero-order chi connectivity index (χ0) is 22.9. The topological polar surface area (TPSA) is 59.7 Å². The largest absolute Gasteiger partial charge is 0.497 e.